The fraction of sp³-hybridized carbons (Fsp3) is 0. The summed E-state index contributed by atoms with van der Waals surface area (Å²) in [5, 5.41) is 21.9. The Bertz CT molecular complexity index is 821. The van der Waals surface area contributed by atoms with E-state index in [0.29, 0.717) is 25.2 Å². The van der Waals surface area contributed by atoms with Crippen molar-refractivity contribution in [3.8, 4) is 11.8 Å². The summed E-state index contributed by atoms with van der Waals surface area (Å²) < 4.78 is 0.892. The third-order valence-corrected chi connectivity index (χ3v) is 4.38. The van der Waals surface area contributed by atoms with Gasteiger partial charge in [-0.05, 0) is 67.8 Å². The lowest BCUT2D eigenvalue weighted by molar-refractivity contribution is -0.112. The van der Waals surface area contributed by atoms with Gasteiger partial charge in [0.05, 0.1) is 19.7 Å². The highest BCUT2D eigenvalue weighted by molar-refractivity contribution is 9.11. The van der Waals surface area contributed by atoms with Crippen molar-refractivity contribution in [2.75, 3.05) is 5.32 Å². The lowest BCUT2D eigenvalue weighted by Crippen LogP contribution is -2.13. The van der Waals surface area contributed by atoms with Crippen LogP contribution in [0.25, 0.3) is 6.08 Å². The number of hydrogen-bond donors (Lipinski definition) is 2. The molecule has 7 heteroatoms. The van der Waals surface area contributed by atoms with Gasteiger partial charge in [0.1, 0.15) is 17.4 Å². The molecule has 0 heterocycles. The number of amides is 1. The van der Waals surface area contributed by atoms with Crippen molar-refractivity contribution < 1.29 is 9.90 Å². The number of halogens is 3. The highest BCUT2D eigenvalue weighted by Gasteiger charge is 2.12. The Labute approximate surface area is 154 Å². The molecule has 0 aliphatic heterocycles. The zero-order valence-electron chi connectivity index (χ0n) is 11.5. The van der Waals surface area contributed by atoms with E-state index in [1.54, 1.807) is 36.4 Å². The SMILES string of the molecule is N#CC(=Cc1cc(Br)c(O)c(Br)c1)C(=O)Nc1ccccc1Cl. The Balaban J connectivity index is 2.31. The first-order valence-electron chi connectivity index (χ1n) is 6.28. The van der Waals surface area contributed by atoms with E-state index in [1.165, 1.54) is 6.08 Å². The van der Waals surface area contributed by atoms with Crippen molar-refractivity contribution in [3.63, 3.8) is 0 Å². The zero-order valence-corrected chi connectivity index (χ0v) is 15.4. The van der Waals surface area contributed by atoms with Gasteiger partial charge in [-0.3, -0.25) is 4.79 Å². The zero-order chi connectivity index (χ0) is 17.0. The number of phenols is 1. The first kappa shape index (κ1) is 17.5. The van der Waals surface area contributed by atoms with Crippen LogP contribution in [-0.4, -0.2) is 11.0 Å². The lowest BCUT2D eigenvalue weighted by Gasteiger charge is -2.07. The molecule has 2 N–H and O–H groups in total. The van der Waals surface area contributed by atoms with Gasteiger partial charge in [-0.1, -0.05) is 23.7 Å². The molecule has 0 aromatic heterocycles. The number of para-hydroxylation sites is 1. The molecule has 2 aromatic rings. The van der Waals surface area contributed by atoms with E-state index >= 15 is 0 Å². The lowest BCUT2D eigenvalue weighted by atomic mass is 10.1. The van der Waals surface area contributed by atoms with Crippen molar-refractivity contribution in [2.24, 2.45) is 0 Å². The van der Waals surface area contributed by atoms with Crippen LogP contribution in [0.2, 0.25) is 5.02 Å². The topological polar surface area (TPSA) is 73.1 Å². The number of carbonyl (C=O) groups excluding carboxylic acids is 1. The van der Waals surface area contributed by atoms with Crippen LogP contribution in [0.15, 0.2) is 50.9 Å². The average Bonchev–Trinajstić information content (AvgIpc) is 2.52. The van der Waals surface area contributed by atoms with Gasteiger partial charge in [-0.25, -0.2) is 0 Å². The number of nitrogens with one attached hydrogen (secondary N) is 1. The Morgan fingerprint density at radius 1 is 1.26 bits per heavy atom. The summed E-state index contributed by atoms with van der Waals surface area (Å²) in [6.07, 6.45) is 1.42. The van der Waals surface area contributed by atoms with E-state index in [9.17, 15) is 15.2 Å². The molecule has 23 heavy (non-hydrogen) atoms. The van der Waals surface area contributed by atoms with Gasteiger partial charge < -0.3 is 10.4 Å². The predicted octanol–water partition coefficient (Wildman–Crippen LogP) is 5.12. The Kier molecular flexibility index (Phi) is 5.83. The first-order chi connectivity index (χ1) is 10.9. The Hall–Kier alpha value is -1.81. The molecule has 2 aromatic carbocycles. The van der Waals surface area contributed by atoms with Crippen LogP contribution in [0, 0.1) is 11.3 Å². The molecule has 0 atom stereocenters. The van der Waals surface area contributed by atoms with E-state index < -0.39 is 5.91 Å². The highest BCUT2D eigenvalue weighted by Crippen LogP contribution is 2.34. The molecule has 116 valence electrons. The minimum Gasteiger partial charge on any atom is -0.506 e. The number of nitrogens with zero attached hydrogens (tertiary/aromatic N) is 1. The molecule has 0 spiro atoms. The third-order valence-electron chi connectivity index (χ3n) is 2.84. The Morgan fingerprint density at radius 3 is 2.43 bits per heavy atom. The Morgan fingerprint density at radius 2 is 1.87 bits per heavy atom. The quantitative estimate of drug-likeness (QED) is 0.498. The molecule has 0 fully saturated rings. The summed E-state index contributed by atoms with van der Waals surface area (Å²) in [4.78, 5) is 12.2. The second-order valence-electron chi connectivity index (χ2n) is 4.44. The second-order valence-corrected chi connectivity index (χ2v) is 6.55. The molecule has 0 saturated carbocycles. The number of nitriles is 1. The number of phenolic OH excluding ortho intramolecular Hbond substituents is 1. The maximum absolute atomic E-state index is 12.2. The fourth-order valence-corrected chi connectivity index (χ4v) is 3.14. The van der Waals surface area contributed by atoms with Crippen LogP contribution in [0.5, 0.6) is 5.75 Å². The molecule has 0 aliphatic rings. The van der Waals surface area contributed by atoms with Crippen molar-refractivity contribution >= 4 is 61.1 Å². The predicted molar refractivity (Wildman–Crippen MR) is 97.2 cm³/mol. The molecule has 1 amide bonds. The average molecular weight is 457 g/mol. The summed E-state index contributed by atoms with van der Waals surface area (Å²) in [6, 6.07) is 11.8. The summed E-state index contributed by atoms with van der Waals surface area (Å²) in [7, 11) is 0. The van der Waals surface area contributed by atoms with Crippen molar-refractivity contribution in [3.05, 3.63) is 61.5 Å². The number of carbonyl (C=O) groups is 1. The monoisotopic (exact) mass is 454 g/mol. The minimum absolute atomic E-state index is 0.0428. The maximum Gasteiger partial charge on any atom is 0.266 e. The van der Waals surface area contributed by atoms with E-state index in [4.69, 9.17) is 11.6 Å². The number of benzene rings is 2. The van der Waals surface area contributed by atoms with Gasteiger partial charge in [0.2, 0.25) is 0 Å². The van der Waals surface area contributed by atoms with Crippen molar-refractivity contribution in [1.29, 1.82) is 5.26 Å². The van der Waals surface area contributed by atoms with Gasteiger partial charge in [0, 0.05) is 0 Å². The molecule has 0 radical (unpaired) electrons. The fourth-order valence-electron chi connectivity index (χ4n) is 1.74. The van der Waals surface area contributed by atoms with Crippen LogP contribution < -0.4 is 5.32 Å². The molecule has 2 rings (SSSR count). The molecule has 4 nitrogen and oxygen atoms in total. The van der Waals surface area contributed by atoms with Gasteiger partial charge in [-0.2, -0.15) is 5.26 Å². The summed E-state index contributed by atoms with van der Waals surface area (Å²) >= 11 is 12.4. The van der Waals surface area contributed by atoms with E-state index in [1.807, 2.05) is 6.07 Å². The van der Waals surface area contributed by atoms with Crippen LogP contribution in [0.4, 0.5) is 5.69 Å². The van der Waals surface area contributed by atoms with Crippen LogP contribution in [0.3, 0.4) is 0 Å². The summed E-state index contributed by atoms with van der Waals surface area (Å²) in [5.41, 5.74) is 0.912. The smallest absolute Gasteiger partial charge is 0.266 e. The van der Waals surface area contributed by atoms with E-state index in [0.717, 1.165) is 0 Å². The number of hydrogen-bond acceptors (Lipinski definition) is 3. The number of anilines is 1. The molecule has 0 unspecified atom stereocenters. The van der Waals surface area contributed by atoms with E-state index in [2.05, 4.69) is 37.2 Å². The summed E-state index contributed by atoms with van der Waals surface area (Å²) in [5.74, 6) is -0.526. The van der Waals surface area contributed by atoms with Crippen molar-refractivity contribution in [2.45, 2.75) is 0 Å². The standard InChI is InChI=1S/C16H9Br2ClN2O2/c17-11-6-9(7-12(18)15(11)22)5-10(8-20)16(23)21-14-4-2-1-3-13(14)19/h1-7,22H,(H,21,23). The van der Waals surface area contributed by atoms with Crippen molar-refractivity contribution in [1.82, 2.24) is 0 Å². The molecular formula is C16H9Br2ClN2O2. The minimum atomic E-state index is -0.569. The number of rotatable bonds is 3. The third kappa shape index (κ3) is 4.35. The van der Waals surface area contributed by atoms with E-state index in [-0.39, 0.29) is 11.3 Å². The van der Waals surface area contributed by atoms with Gasteiger partial charge in [0.15, 0.2) is 0 Å². The first-order valence-corrected chi connectivity index (χ1v) is 8.24. The molecular weight excluding hydrogens is 447 g/mol. The van der Waals surface area contributed by atoms with Crippen LogP contribution in [-0.2, 0) is 4.79 Å². The summed E-state index contributed by atoms with van der Waals surface area (Å²) in [6.45, 7) is 0. The van der Waals surface area contributed by atoms with Gasteiger partial charge >= 0.3 is 0 Å². The molecule has 0 saturated heterocycles. The largest absolute Gasteiger partial charge is 0.506 e. The highest BCUT2D eigenvalue weighted by atomic mass is 79.9. The number of aromatic hydroxyl groups is 1. The molecule has 0 aliphatic carbocycles. The van der Waals surface area contributed by atoms with Crippen LogP contribution >= 0.6 is 43.5 Å². The normalized spacial score (nSPS) is 11.0. The maximum atomic E-state index is 12.2. The van der Waals surface area contributed by atoms with Gasteiger partial charge in [0.25, 0.3) is 5.91 Å². The van der Waals surface area contributed by atoms with Crippen LogP contribution in [0.1, 0.15) is 5.56 Å². The van der Waals surface area contributed by atoms with Gasteiger partial charge in [-0.15, -0.1) is 0 Å². The molecule has 0 bridgehead atoms. The second kappa shape index (κ2) is 7.64.